The first-order chi connectivity index (χ1) is 9.33. The van der Waals surface area contributed by atoms with Gasteiger partial charge in [0.25, 0.3) is 0 Å². The second-order valence-electron chi connectivity index (χ2n) is 6.46. The van der Waals surface area contributed by atoms with E-state index in [1.165, 1.54) is 25.7 Å². The largest absolute Gasteiger partial charge is 0.341 e. The highest BCUT2D eigenvalue weighted by molar-refractivity contribution is 5.79. The molecule has 19 heavy (non-hydrogen) atoms. The van der Waals surface area contributed by atoms with Gasteiger partial charge in [-0.3, -0.25) is 4.79 Å². The summed E-state index contributed by atoms with van der Waals surface area (Å²) in [5.74, 6) is 1.47. The molecule has 2 unspecified atom stereocenters. The smallest absolute Gasteiger partial charge is 0.226 e. The minimum atomic E-state index is 0.255. The molecule has 0 radical (unpaired) electrons. The van der Waals surface area contributed by atoms with E-state index < -0.39 is 0 Å². The number of amides is 1. The maximum absolute atomic E-state index is 12.7. The average molecular weight is 262 g/mol. The van der Waals surface area contributed by atoms with Crippen molar-refractivity contribution >= 4 is 5.91 Å². The Kier molecular flexibility index (Phi) is 4.21. The predicted octanol–water partition coefficient (Wildman–Crippen LogP) is 2.33. The van der Waals surface area contributed by atoms with Gasteiger partial charge in [0.15, 0.2) is 0 Å². The highest BCUT2D eigenvalue weighted by Crippen LogP contribution is 2.31. The summed E-state index contributed by atoms with van der Waals surface area (Å²) in [6, 6.07) is 0.543. The van der Waals surface area contributed by atoms with Gasteiger partial charge in [0.1, 0.15) is 0 Å². The van der Waals surface area contributed by atoms with Gasteiger partial charge in [0.2, 0.25) is 5.91 Å². The molecule has 2 fully saturated rings. The van der Waals surface area contributed by atoms with Crippen molar-refractivity contribution in [3.63, 3.8) is 0 Å². The maximum atomic E-state index is 12.7. The van der Waals surface area contributed by atoms with E-state index >= 15 is 0 Å². The van der Waals surface area contributed by atoms with E-state index in [0.29, 0.717) is 11.9 Å². The van der Waals surface area contributed by atoms with E-state index in [-0.39, 0.29) is 5.92 Å². The van der Waals surface area contributed by atoms with E-state index in [1.54, 1.807) is 0 Å². The SMILES string of the molecule is O=C(C1CC=CCC1)N(CC1CC1)CC1CCCN1. The van der Waals surface area contributed by atoms with Crippen LogP contribution in [0.3, 0.4) is 0 Å². The van der Waals surface area contributed by atoms with E-state index in [9.17, 15) is 4.79 Å². The molecule has 0 aromatic carbocycles. The van der Waals surface area contributed by atoms with Crippen LogP contribution in [-0.4, -0.2) is 36.5 Å². The first kappa shape index (κ1) is 13.2. The molecule has 0 aromatic heterocycles. The zero-order valence-electron chi connectivity index (χ0n) is 11.8. The predicted molar refractivity (Wildman–Crippen MR) is 76.8 cm³/mol. The fourth-order valence-electron chi connectivity index (χ4n) is 3.32. The van der Waals surface area contributed by atoms with Crippen LogP contribution in [-0.2, 0) is 4.79 Å². The Bertz CT molecular complexity index is 343. The molecule has 0 aromatic rings. The highest BCUT2D eigenvalue weighted by atomic mass is 16.2. The van der Waals surface area contributed by atoms with E-state index in [2.05, 4.69) is 22.4 Å². The van der Waals surface area contributed by atoms with Crippen LogP contribution in [0.4, 0.5) is 0 Å². The zero-order valence-corrected chi connectivity index (χ0v) is 11.8. The molecule has 3 aliphatic rings. The van der Waals surface area contributed by atoms with Crippen LogP contribution < -0.4 is 5.32 Å². The third-order valence-electron chi connectivity index (χ3n) is 4.71. The topological polar surface area (TPSA) is 32.3 Å². The number of hydrogen-bond acceptors (Lipinski definition) is 2. The third kappa shape index (κ3) is 3.59. The average Bonchev–Trinajstić information content (AvgIpc) is 3.12. The molecule has 0 bridgehead atoms. The molecule has 1 amide bonds. The summed E-state index contributed by atoms with van der Waals surface area (Å²) in [4.78, 5) is 14.9. The molecule has 3 heteroatoms. The monoisotopic (exact) mass is 262 g/mol. The lowest BCUT2D eigenvalue weighted by molar-refractivity contribution is -0.136. The number of rotatable bonds is 5. The van der Waals surface area contributed by atoms with E-state index in [1.807, 2.05) is 0 Å². The molecule has 2 atom stereocenters. The van der Waals surface area contributed by atoms with Crippen molar-refractivity contribution in [2.75, 3.05) is 19.6 Å². The molecule has 1 saturated carbocycles. The van der Waals surface area contributed by atoms with Crippen molar-refractivity contribution in [3.05, 3.63) is 12.2 Å². The fourth-order valence-corrected chi connectivity index (χ4v) is 3.32. The molecule has 1 aliphatic heterocycles. The summed E-state index contributed by atoms with van der Waals surface area (Å²) >= 11 is 0. The molecule has 1 saturated heterocycles. The number of allylic oxidation sites excluding steroid dienone is 2. The lowest BCUT2D eigenvalue weighted by atomic mass is 9.93. The Morgan fingerprint density at radius 3 is 2.68 bits per heavy atom. The summed E-state index contributed by atoms with van der Waals surface area (Å²) in [5.41, 5.74) is 0. The van der Waals surface area contributed by atoms with Crippen molar-refractivity contribution in [1.82, 2.24) is 10.2 Å². The highest BCUT2D eigenvalue weighted by Gasteiger charge is 2.32. The summed E-state index contributed by atoms with van der Waals surface area (Å²) in [6.45, 7) is 3.08. The van der Waals surface area contributed by atoms with Crippen LogP contribution in [0, 0.1) is 11.8 Å². The molecule has 1 heterocycles. The minimum absolute atomic E-state index is 0.255. The quantitative estimate of drug-likeness (QED) is 0.771. The van der Waals surface area contributed by atoms with Gasteiger partial charge >= 0.3 is 0 Å². The van der Waals surface area contributed by atoms with Crippen LogP contribution in [0.25, 0.3) is 0 Å². The molecular formula is C16H26N2O. The standard InChI is InChI=1S/C16H26N2O/c19-16(14-5-2-1-3-6-14)18(11-13-8-9-13)12-15-7-4-10-17-15/h1-2,13-15,17H,3-12H2. The normalized spacial score (nSPS) is 30.5. The van der Waals surface area contributed by atoms with Crippen LogP contribution in [0.1, 0.15) is 44.9 Å². The summed E-state index contributed by atoms with van der Waals surface area (Å²) in [7, 11) is 0. The van der Waals surface area contributed by atoms with Crippen LogP contribution in [0.5, 0.6) is 0 Å². The third-order valence-corrected chi connectivity index (χ3v) is 4.71. The fraction of sp³-hybridized carbons (Fsp3) is 0.812. The van der Waals surface area contributed by atoms with E-state index in [0.717, 1.165) is 44.8 Å². The zero-order chi connectivity index (χ0) is 13.1. The van der Waals surface area contributed by atoms with Crippen LogP contribution >= 0.6 is 0 Å². The Labute approximate surface area is 116 Å². The molecule has 1 N–H and O–H groups in total. The Hall–Kier alpha value is -0.830. The maximum Gasteiger partial charge on any atom is 0.226 e. The van der Waals surface area contributed by atoms with Crippen molar-refractivity contribution < 1.29 is 4.79 Å². The van der Waals surface area contributed by atoms with Gasteiger partial charge in [0, 0.05) is 25.0 Å². The Morgan fingerprint density at radius 2 is 2.05 bits per heavy atom. The van der Waals surface area contributed by atoms with Crippen molar-refractivity contribution in [1.29, 1.82) is 0 Å². The van der Waals surface area contributed by atoms with Crippen LogP contribution in [0.2, 0.25) is 0 Å². The van der Waals surface area contributed by atoms with Gasteiger partial charge in [-0.1, -0.05) is 12.2 Å². The summed E-state index contributed by atoms with van der Waals surface area (Å²) in [5, 5.41) is 3.53. The van der Waals surface area contributed by atoms with Gasteiger partial charge in [-0.15, -0.1) is 0 Å². The molecule has 2 aliphatic carbocycles. The molecule has 3 nitrogen and oxygen atoms in total. The number of nitrogens with one attached hydrogen (secondary N) is 1. The van der Waals surface area contributed by atoms with Gasteiger partial charge < -0.3 is 10.2 Å². The van der Waals surface area contributed by atoms with Crippen LogP contribution in [0.15, 0.2) is 12.2 Å². The first-order valence-corrected chi connectivity index (χ1v) is 8.00. The minimum Gasteiger partial charge on any atom is -0.341 e. The van der Waals surface area contributed by atoms with Crippen molar-refractivity contribution in [3.8, 4) is 0 Å². The number of hydrogen-bond donors (Lipinski definition) is 1. The molecular weight excluding hydrogens is 236 g/mol. The number of carbonyl (C=O) groups is 1. The van der Waals surface area contributed by atoms with Gasteiger partial charge in [-0.2, -0.15) is 0 Å². The second-order valence-corrected chi connectivity index (χ2v) is 6.46. The summed E-state index contributed by atoms with van der Waals surface area (Å²) < 4.78 is 0. The van der Waals surface area contributed by atoms with E-state index in [4.69, 9.17) is 0 Å². The Morgan fingerprint density at radius 1 is 1.16 bits per heavy atom. The second kappa shape index (κ2) is 6.08. The molecule has 0 spiro atoms. The molecule has 106 valence electrons. The van der Waals surface area contributed by atoms with Crippen molar-refractivity contribution in [2.45, 2.75) is 51.0 Å². The first-order valence-electron chi connectivity index (χ1n) is 8.00. The lowest BCUT2D eigenvalue weighted by Gasteiger charge is -2.30. The van der Waals surface area contributed by atoms with Gasteiger partial charge in [-0.25, -0.2) is 0 Å². The van der Waals surface area contributed by atoms with Gasteiger partial charge in [-0.05, 0) is 57.4 Å². The Balaban J connectivity index is 1.59. The number of nitrogens with zero attached hydrogens (tertiary/aromatic N) is 1. The number of carbonyl (C=O) groups excluding carboxylic acids is 1. The lowest BCUT2D eigenvalue weighted by Crippen LogP contribution is -2.44. The van der Waals surface area contributed by atoms with Crippen molar-refractivity contribution in [2.24, 2.45) is 11.8 Å². The van der Waals surface area contributed by atoms with Gasteiger partial charge in [0.05, 0.1) is 0 Å². The summed E-state index contributed by atoms with van der Waals surface area (Å²) in [6.07, 6.45) is 12.6. The molecule has 3 rings (SSSR count).